The molecule has 0 spiro atoms. The Balaban J connectivity index is 2.49. The van der Waals surface area contributed by atoms with Gasteiger partial charge in [-0.25, -0.2) is 0 Å². The molecule has 2 heteroatoms. The van der Waals surface area contributed by atoms with Crippen molar-refractivity contribution in [2.45, 2.75) is 43.9 Å². The van der Waals surface area contributed by atoms with Crippen molar-refractivity contribution in [2.75, 3.05) is 0 Å². The van der Waals surface area contributed by atoms with E-state index in [1.165, 1.54) is 21.2 Å². The van der Waals surface area contributed by atoms with Crippen molar-refractivity contribution in [2.24, 2.45) is 7.05 Å². The Morgan fingerprint density at radius 3 is 2.24 bits per heavy atom. The predicted molar refractivity (Wildman–Crippen MR) is 94.9 cm³/mol. The van der Waals surface area contributed by atoms with Crippen molar-refractivity contribution in [1.29, 1.82) is 0 Å². The standard InChI is InChI=1S/C19H28GeN/c1-14(2)16-8-10-18(15(3)12-16)19-11-9-17(13-21(19)7)20(4,5)6/h8-14H,1-7H3/q+1/i14D. The molecule has 0 radical (unpaired) electrons. The molecular formula is C19H28GeN+. The van der Waals surface area contributed by atoms with Gasteiger partial charge < -0.3 is 0 Å². The summed E-state index contributed by atoms with van der Waals surface area (Å²) in [6.45, 7) is 6.01. The monoisotopic (exact) mass is 345 g/mol. The molecule has 1 nitrogen and oxygen atoms in total. The molecule has 0 unspecified atom stereocenters. The van der Waals surface area contributed by atoms with E-state index in [0.717, 1.165) is 5.56 Å². The van der Waals surface area contributed by atoms with Crippen LogP contribution in [0.3, 0.4) is 0 Å². The second-order valence-electron chi connectivity index (χ2n) is 7.19. The average molecular weight is 344 g/mol. The van der Waals surface area contributed by atoms with Crippen molar-refractivity contribution in [3.8, 4) is 11.3 Å². The Labute approximate surface area is 133 Å². The number of nitrogens with zero attached hydrogens (tertiary/aromatic N) is 1. The Hall–Kier alpha value is -1.09. The molecule has 0 atom stereocenters. The first-order valence-corrected chi connectivity index (χ1v) is 15.0. The van der Waals surface area contributed by atoms with Gasteiger partial charge in [-0.1, -0.05) is 0 Å². The van der Waals surface area contributed by atoms with Crippen LogP contribution in [0.25, 0.3) is 11.3 Å². The molecule has 0 saturated heterocycles. The van der Waals surface area contributed by atoms with Crippen molar-refractivity contribution in [1.82, 2.24) is 0 Å². The number of pyridine rings is 1. The van der Waals surface area contributed by atoms with Crippen molar-refractivity contribution >= 4 is 17.7 Å². The van der Waals surface area contributed by atoms with Crippen LogP contribution in [0, 0.1) is 6.92 Å². The van der Waals surface area contributed by atoms with Gasteiger partial charge in [-0.3, -0.25) is 0 Å². The van der Waals surface area contributed by atoms with Crippen LogP contribution >= 0.6 is 0 Å². The topological polar surface area (TPSA) is 3.88 Å². The Morgan fingerprint density at radius 2 is 1.76 bits per heavy atom. The van der Waals surface area contributed by atoms with E-state index >= 15 is 0 Å². The van der Waals surface area contributed by atoms with E-state index < -0.39 is 19.2 Å². The molecular weight excluding hydrogens is 315 g/mol. The minimum atomic E-state index is -1.79. The SMILES string of the molecule is [2H]C(C)(C)c1ccc(-c2cc[c]([Ge]([CH3])([CH3])[CH3])c[n+]2C)c(C)c1. The van der Waals surface area contributed by atoms with Crippen LogP contribution in [-0.4, -0.2) is 13.3 Å². The molecule has 0 bridgehead atoms. The van der Waals surface area contributed by atoms with E-state index in [1.54, 1.807) is 0 Å². The summed E-state index contributed by atoms with van der Waals surface area (Å²) in [5.74, 6) is 6.72. The van der Waals surface area contributed by atoms with Gasteiger partial charge in [0.1, 0.15) is 0 Å². The molecule has 0 aliphatic carbocycles. The summed E-state index contributed by atoms with van der Waals surface area (Å²) >= 11 is -1.79. The van der Waals surface area contributed by atoms with Crippen LogP contribution in [0.5, 0.6) is 0 Å². The van der Waals surface area contributed by atoms with Crippen LogP contribution in [0.15, 0.2) is 36.5 Å². The number of aryl methyl sites for hydroxylation is 2. The summed E-state index contributed by atoms with van der Waals surface area (Å²) in [5, 5.41) is 0. The van der Waals surface area contributed by atoms with E-state index in [1.807, 2.05) is 13.8 Å². The van der Waals surface area contributed by atoms with Crippen molar-refractivity contribution in [3.63, 3.8) is 0 Å². The van der Waals surface area contributed by atoms with Crippen LogP contribution < -0.4 is 8.96 Å². The van der Waals surface area contributed by atoms with Crippen molar-refractivity contribution in [3.05, 3.63) is 47.7 Å². The average Bonchev–Trinajstić information content (AvgIpc) is 2.37. The molecule has 0 saturated carbocycles. The molecule has 0 fully saturated rings. The number of benzene rings is 1. The van der Waals surface area contributed by atoms with Gasteiger partial charge in [0.25, 0.3) is 0 Å². The molecule has 2 aromatic rings. The summed E-state index contributed by atoms with van der Waals surface area (Å²) in [7, 11) is 2.13. The second-order valence-corrected chi connectivity index (χ2v) is 17.8. The van der Waals surface area contributed by atoms with Crippen LogP contribution in [-0.2, 0) is 7.05 Å². The van der Waals surface area contributed by atoms with E-state index in [2.05, 4.69) is 72.3 Å². The second kappa shape index (κ2) is 5.96. The maximum absolute atomic E-state index is 8.18. The number of hydrogen-bond acceptors (Lipinski definition) is 0. The molecule has 0 aliphatic heterocycles. The predicted octanol–water partition coefficient (Wildman–Crippen LogP) is 4.16. The molecule has 112 valence electrons. The quantitative estimate of drug-likeness (QED) is 0.582. The Morgan fingerprint density at radius 1 is 1.10 bits per heavy atom. The number of rotatable bonds is 3. The van der Waals surface area contributed by atoms with E-state index in [0.29, 0.717) is 0 Å². The minimum absolute atomic E-state index is 0.546. The van der Waals surface area contributed by atoms with Crippen LogP contribution in [0.1, 0.15) is 32.2 Å². The normalized spacial score (nSPS) is 13.2. The summed E-state index contributed by atoms with van der Waals surface area (Å²) in [6, 6.07) is 11.0. The number of aromatic nitrogens is 1. The summed E-state index contributed by atoms with van der Waals surface area (Å²) in [4.78, 5) is 0. The first-order valence-electron chi connectivity index (χ1n) is 8.12. The fourth-order valence-electron chi connectivity index (χ4n) is 2.59. The summed E-state index contributed by atoms with van der Waals surface area (Å²) in [6.07, 6.45) is 2.30. The number of hydrogen-bond donors (Lipinski definition) is 0. The van der Waals surface area contributed by atoms with Gasteiger partial charge in [-0.05, 0) is 0 Å². The van der Waals surface area contributed by atoms with Gasteiger partial charge in [0.05, 0.1) is 0 Å². The molecule has 0 aliphatic rings. The third-order valence-corrected chi connectivity index (χ3v) is 8.33. The van der Waals surface area contributed by atoms with E-state index in [4.69, 9.17) is 1.37 Å². The molecule has 1 heterocycles. The summed E-state index contributed by atoms with van der Waals surface area (Å²) < 4.78 is 12.0. The fraction of sp³-hybridized carbons (Fsp3) is 0.421. The molecule has 1 aromatic carbocycles. The first kappa shape index (κ1) is 14.8. The molecule has 0 amide bonds. The first-order chi connectivity index (χ1) is 10.00. The van der Waals surface area contributed by atoms with Gasteiger partial charge >= 0.3 is 133 Å². The summed E-state index contributed by atoms with van der Waals surface area (Å²) in [5.41, 5.74) is 4.79. The van der Waals surface area contributed by atoms with Crippen molar-refractivity contribution < 1.29 is 5.94 Å². The third-order valence-electron chi connectivity index (χ3n) is 4.08. The Kier molecular flexibility index (Phi) is 4.21. The van der Waals surface area contributed by atoms with Gasteiger partial charge in [0.15, 0.2) is 0 Å². The van der Waals surface area contributed by atoms with E-state index in [-0.39, 0.29) is 0 Å². The Bertz CT molecular complexity index is 632. The van der Waals surface area contributed by atoms with Crippen LogP contribution in [0.4, 0.5) is 0 Å². The van der Waals surface area contributed by atoms with Gasteiger partial charge in [0, 0.05) is 0 Å². The zero-order chi connectivity index (χ0) is 16.7. The van der Waals surface area contributed by atoms with Gasteiger partial charge in [-0.15, -0.1) is 0 Å². The fourth-order valence-corrected chi connectivity index (χ4v) is 5.04. The van der Waals surface area contributed by atoms with E-state index in [9.17, 15) is 0 Å². The molecule has 1 aromatic heterocycles. The van der Waals surface area contributed by atoms with Gasteiger partial charge in [0.2, 0.25) is 0 Å². The molecule has 2 rings (SSSR count). The molecule has 21 heavy (non-hydrogen) atoms. The van der Waals surface area contributed by atoms with Crippen LogP contribution in [0.2, 0.25) is 17.3 Å². The third kappa shape index (κ3) is 3.57. The van der Waals surface area contributed by atoms with Gasteiger partial charge in [-0.2, -0.15) is 0 Å². The zero-order valence-corrected chi connectivity index (χ0v) is 16.5. The maximum atomic E-state index is 8.18. The molecule has 0 N–H and O–H groups in total. The zero-order valence-electron chi connectivity index (χ0n) is 15.4.